The van der Waals surface area contributed by atoms with E-state index < -0.39 is 29.3 Å². The maximum absolute atomic E-state index is 14.7. The summed E-state index contributed by atoms with van der Waals surface area (Å²) in [6.45, 7) is 6.70. The minimum Gasteiger partial charge on any atom is -0.348 e. The van der Waals surface area contributed by atoms with Crippen LogP contribution in [0, 0.1) is 17.5 Å². The molecule has 0 spiro atoms. The number of nitrogens with zero attached hydrogens (tertiary/aromatic N) is 2. The molecule has 1 aliphatic carbocycles. The number of amides is 2. The number of carbonyl (C=O) groups excluding carboxylic acids is 2. The molecule has 0 unspecified atom stereocenters. The maximum atomic E-state index is 14.7. The number of benzene rings is 2. The number of imidazole rings is 1. The molecular formula is C36H36F3N5O2. The molecule has 4 aromatic rings. The predicted molar refractivity (Wildman–Crippen MR) is 174 cm³/mol. The maximum Gasteiger partial charge on any atom is 0.274 e. The molecule has 2 aromatic heterocycles. The van der Waals surface area contributed by atoms with Crippen molar-refractivity contribution < 1.29 is 22.8 Å². The zero-order chi connectivity index (χ0) is 32.6. The van der Waals surface area contributed by atoms with E-state index in [1.807, 2.05) is 19.1 Å². The SMILES string of the molecule is C=CC(=CC(=CC)CNC1CCCCC1)c1ccn2c(C(=O)Nc3cc(C(=O)NCc4ccc(F)c(F)c4)ccc3F)cnc2c1. The van der Waals surface area contributed by atoms with Gasteiger partial charge in [-0.3, -0.25) is 14.0 Å². The van der Waals surface area contributed by atoms with E-state index in [-0.39, 0.29) is 23.5 Å². The van der Waals surface area contributed by atoms with Crippen LogP contribution in [0.25, 0.3) is 11.2 Å². The fourth-order valence-electron chi connectivity index (χ4n) is 5.48. The second-order valence-corrected chi connectivity index (χ2v) is 11.3. The van der Waals surface area contributed by atoms with E-state index in [0.717, 1.165) is 41.5 Å². The summed E-state index contributed by atoms with van der Waals surface area (Å²) in [5.41, 5.74) is 3.85. The Morgan fingerprint density at radius 3 is 2.48 bits per heavy atom. The Labute approximate surface area is 265 Å². The molecule has 1 fully saturated rings. The van der Waals surface area contributed by atoms with Gasteiger partial charge in [-0.15, -0.1) is 0 Å². The topological polar surface area (TPSA) is 87.5 Å². The lowest BCUT2D eigenvalue weighted by atomic mass is 9.95. The van der Waals surface area contributed by atoms with Gasteiger partial charge in [-0.1, -0.05) is 50.1 Å². The van der Waals surface area contributed by atoms with E-state index in [1.165, 1.54) is 56.5 Å². The lowest BCUT2D eigenvalue weighted by Crippen LogP contribution is -2.32. The van der Waals surface area contributed by atoms with Crippen LogP contribution in [0.1, 0.15) is 71.0 Å². The molecule has 0 aliphatic heterocycles. The van der Waals surface area contributed by atoms with E-state index in [2.05, 4.69) is 39.7 Å². The van der Waals surface area contributed by atoms with Crippen molar-refractivity contribution in [2.24, 2.45) is 0 Å². The first kappa shape index (κ1) is 32.4. The van der Waals surface area contributed by atoms with Crippen molar-refractivity contribution in [2.45, 2.75) is 51.6 Å². The summed E-state index contributed by atoms with van der Waals surface area (Å²) in [7, 11) is 0. The van der Waals surface area contributed by atoms with Gasteiger partial charge in [0.05, 0.1) is 11.9 Å². The third-order valence-corrected chi connectivity index (χ3v) is 8.12. The van der Waals surface area contributed by atoms with Gasteiger partial charge in [0.15, 0.2) is 11.6 Å². The largest absolute Gasteiger partial charge is 0.348 e. The van der Waals surface area contributed by atoms with Gasteiger partial charge in [0.2, 0.25) is 0 Å². The zero-order valence-electron chi connectivity index (χ0n) is 25.6. The van der Waals surface area contributed by atoms with E-state index in [9.17, 15) is 22.8 Å². The lowest BCUT2D eigenvalue weighted by molar-refractivity contribution is 0.0949. The summed E-state index contributed by atoms with van der Waals surface area (Å²) in [5, 5.41) is 8.77. The highest BCUT2D eigenvalue weighted by atomic mass is 19.2. The number of allylic oxidation sites excluding steroid dienone is 3. The molecular weight excluding hydrogens is 591 g/mol. The number of halogens is 3. The van der Waals surface area contributed by atoms with E-state index in [0.29, 0.717) is 17.3 Å². The molecule has 1 aliphatic rings. The summed E-state index contributed by atoms with van der Waals surface area (Å²) >= 11 is 0. The lowest BCUT2D eigenvalue weighted by Gasteiger charge is -2.23. The number of nitrogens with one attached hydrogen (secondary N) is 3. The van der Waals surface area contributed by atoms with Crippen molar-refractivity contribution in [3.63, 3.8) is 0 Å². The van der Waals surface area contributed by atoms with Crippen LogP contribution in [0.4, 0.5) is 18.9 Å². The highest BCUT2D eigenvalue weighted by Crippen LogP contribution is 2.23. The zero-order valence-corrected chi connectivity index (χ0v) is 25.6. The summed E-state index contributed by atoms with van der Waals surface area (Å²) in [6.07, 6.45) is 15.3. The van der Waals surface area contributed by atoms with Crippen LogP contribution in [0.5, 0.6) is 0 Å². The second kappa shape index (κ2) is 14.9. The minimum atomic E-state index is -1.03. The fourth-order valence-corrected chi connectivity index (χ4v) is 5.48. The molecule has 1 saturated carbocycles. The van der Waals surface area contributed by atoms with Crippen LogP contribution in [0.2, 0.25) is 0 Å². The third-order valence-electron chi connectivity index (χ3n) is 8.12. The second-order valence-electron chi connectivity index (χ2n) is 11.3. The Kier molecular flexibility index (Phi) is 10.5. The number of anilines is 1. The molecule has 0 radical (unpaired) electrons. The fraction of sp³-hybridized carbons (Fsp3) is 0.250. The number of pyridine rings is 1. The smallest absolute Gasteiger partial charge is 0.274 e. The van der Waals surface area contributed by atoms with E-state index >= 15 is 0 Å². The van der Waals surface area contributed by atoms with Gasteiger partial charge in [-0.2, -0.15) is 0 Å². The molecule has 7 nitrogen and oxygen atoms in total. The number of rotatable bonds is 11. The van der Waals surface area contributed by atoms with Crippen molar-refractivity contribution in [2.75, 3.05) is 11.9 Å². The molecule has 2 aromatic carbocycles. The Bertz CT molecular complexity index is 1820. The predicted octanol–water partition coefficient (Wildman–Crippen LogP) is 7.37. The summed E-state index contributed by atoms with van der Waals surface area (Å²) in [5.74, 6) is -3.96. The number of aromatic nitrogens is 2. The van der Waals surface area contributed by atoms with Crippen molar-refractivity contribution in [3.8, 4) is 0 Å². The van der Waals surface area contributed by atoms with Gasteiger partial charge < -0.3 is 16.0 Å². The first-order valence-corrected chi connectivity index (χ1v) is 15.3. The number of hydrogen-bond acceptors (Lipinski definition) is 4. The highest BCUT2D eigenvalue weighted by Gasteiger charge is 2.17. The van der Waals surface area contributed by atoms with Crippen molar-refractivity contribution in [1.29, 1.82) is 0 Å². The van der Waals surface area contributed by atoms with Gasteiger partial charge in [0.25, 0.3) is 11.8 Å². The van der Waals surface area contributed by atoms with Gasteiger partial charge in [0, 0.05) is 30.9 Å². The number of fused-ring (bicyclic) bond motifs is 1. The Morgan fingerprint density at radius 1 is 0.957 bits per heavy atom. The van der Waals surface area contributed by atoms with Gasteiger partial charge in [-0.05, 0) is 84.5 Å². The first-order valence-electron chi connectivity index (χ1n) is 15.3. The van der Waals surface area contributed by atoms with Crippen LogP contribution in [0.15, 0.2) is 91.3 Å². The summed E-state index contributed by atoms with van der Waals surface area (Å²) < 4.78 is 42.9. The highest BCUT2D eigenvalue weighted by molar-refractivity contribution is 6.04. The van der Waals surface area contributed by atoms with Crippen molar-refractivity contribution >= 4 is 28.7 Å². The molecule has 0 atom stereocenters. The van der Waals surface area contributed by atoms with Crippen LogP contribution in [-0.4, -0.2) is 33.8 Å². The quantitative estimate of drug-likeness (QED) is 0.152. The van der Waals surface area contributed by atoms with Gasteiger partial charge in [-0.25, -0.2) is 18.2 Å². The first-order chi connectivity index (χ1) is 22.2. The number of hydrogen-bond donors (Lipinski definition) is 3. The average molecular weight is 628 g/mol. The van der Waals surface area contributed by atoms with Crippen LogP contribution >= 0.6 is 0 Å². The Morgan fingerprint density at radius 2 is 1.74 bits per heavy atom. The molecule has 2 heterocycles. The van der Waals surface area contributed by atoms with E-state index in [4.69, 9.17) is 0 Å². The molecule has 2 amide bonds. The van der Waals surface area contributed by atoms with Gasteiger partial charge >= 0.3 is 0 Å². The minimum absolute atomic E-state index is 0.0697. The van der Waals surface area contributed by atoms with Gasteiger partial charge in [0.1, 0.15) is 17.2 Å². The Balaban J connectivity index is 1.27. The van der Waals surface area contributed by atoms with Crippen molar-refractivity contribution in [1.82, 2.24) is 20.0 Å². The molecule has 0 bridgehead atoms. The number of carbonyl (C=O) groups is 2. The van der Waals surface area contributed by atoms with Crippen LogP contribution < -0.4 is 16.0 Å². The standard InChI is InChI=1S/C36H36F3N5O2/c1-3-23(20-40-28-8-6-5-7-9-28)16-25(4-2)26-14-15-44-33(22-41-34(44)19-26)36(46)43-32-18-27(11-13-30(32)38)35(45)42-21-24-10-12-29(37)31(39)17-24/h3-4,10-19,22,28,40H,2,5-9,20-21H2,1H3,(H,42,45)(H,43,46). The molecule has 238 valence electrons. The molecule has 0 saturated heterocycles. The normalized spacial score (nSPS) is 14.3. The monoisotopic (exact) mass is 627 g/mol. The Hall–Kier alpha value is -4.96. The molecule has 5 rings (SSSR count). The molecule has 3 N–H and O–H groups in total. The average Bonchev–Trinajstić information content (AvgIpc) is 3.50. The van der Waals surface area contributed by atoms with Crippen LogP contribution in [-0.2, 0) is 6.54 Å². The molecule has 10 heteroatoms. The third kappa shape index (κ3) is 7.81. The molecule has 46 heavy (non-hydrogen) atoms. The summed E-state index contributed by atoms with van der Waals surface area (Å²) in [6, 6.07) is 11.1. The van der Waals surface area contributed by atoms with Crippen molar-refractivity contribution in [3.05, 3.63) is 131 Å². The van der Waals surface area contributed by atoms with Crippen LogP contribution in [0.3, 0.4) is 0 Å². The van der Waals surface area contributed by atoms with E-state index in [1.54, 1.807) is 16.7 Å². The summed E-state index contributed by atoms with van der Waals surface area (Å²) in [4.78, 5) is 30.3.